The molecule has 1 saturated heterocycles. The first-order valence-electron chi connectivity index (χ1n) is 6.35. The number of carbonyl (C=O) groups excluding carboxylic acids is 2. The van der Waals surface area contributed by atoms with Crippen molar-refractivity contribution in [3.05, 3.63) is 29.8 Å². The van der Waals surface area contributed by atoms with E-state index in [1.54, 1.807) is 0 Å². The number of fused-ring (bicyclic) bond motifs is 3. The molecule has 94 valence electrons. The van der Waals surface area contributed by atoms with Crippen LogP contribution in [-0.2, 0) is 9.59 Å². The van der Waals surface area contributed by atoms with E-state index in [0.29, 0.717) is 6.54 Å². The maximum Gasteiger partial charge on any atom is 0.237 e. The van der Waals surface area contributed by atoms with Gasteiger partial charge in [-0.1, -0.05) is 18.2 Å². The Morgan fingerprint density at radius 2 is 1.94 bits per heavy atom. The molecule has 1 aromatic rings. The van der Waals surface area contributed by atoms with E-state index >= 15 is 0 Å². The van der Waals surface area contributed by atoms with Crippen molar-refractivity contribution in [2.45, 2.75) is 25.8 Å². The minimum atomic E-state index is -0.301. The van der Waals surface area contributed by atoms with Gasteiger partial charge >= 0.3 is 0 Å². The fourth-order valence-electron chi connectivity index (χ4n) is 3.13. The number of benzene rings is 1. The molecule has 0 aliphatic carbocycles. The van der Waals surface area contributed by atoms with Crippen LogP contribution in [-0.4, -0.2) is 29.3 Å². The highest BCUT2D eigenvalue weighted by molar-refractivity contribution is 6.09. The Labute approximate surface area is 106 Å². The lowest BCUT2D eigenvalue weighted by Gasteiger charge is -2.31. The van der Waals surface area contributed by atoms with Gasteiger partial charge in [-0.25, -0.2) is 0 Å². The van der Waals surface area contributed by atoms with E-state index in [0.717, 1.165) is 11.3 Å². The maximum atomic E-state index is 12.4. The van der Waals surface area contributed by atoms with Gasteiger partial charge in [0.25, 0.3) is 0 Å². The molecular formula is C14H16N2O2. The fraction of sp³-hybridized carbons (Fsp3) is 0.429. The molecule has 0 spiro atoms. The van der Waals surface area contributed by atoms with Crippen LogP contribution in [0.15, 0.2) is 24.3 Å². The molecule has 2 heterocycles. The molecule has 0 saturated carbocycles. The molecule has 0 aromatic heterocycles. The Hall–Kier alpha value is -1.84. The van der Waals surface area contributed by atoms with Crippen LogP contribution in [0, 0.1) is 5.92 Å². The summed E-state index contributed by atoms with van der Waals surface area (Å²) >= 11 is 0. The second-order valence-electron chi connectivity index (χ2n) is 4.94. The lowest BCUT2D eigenvalue weighted by atomic mass is 9.79. The molecule has 1 unspecified atom stereocenters. The van der Waals surface area contributed by atoms with Gasteiger partial charge in [-0.3, -0.25) is 14.5 Å². The number of likely N-dealkylation sites (tertiary alicyclic amines) is 1. The lowest BCUT2D eigenvalue weighted by Crippen LogP contribution is -2.38. The van der Waals surface area contributed by atoms with Crippen LogP contribution < -0.4 is 5.32 Å². The van der Waals surface area contributed by atoms with Crippen molar-refractivity contribution in [3.8, 4) is 0 Å². The summed E-state index contributed by atoms with van der Waals surface area (Å²) in [5.41, 5.74) is 1.93. The molecule has 1 aromatic carbocycles. The third kappa shape index (κ3) is 1.32. The molecule has 2 amide bonds. The predicted octanol–water partition coefficient (Wildman–Crippen LogP) is 1.59. The number of likely N-dealkylation sites (N-methyl/N-ethyl adjacent to an activating group) is 1. The van der Waals surface area contributed by atoms with Crippen LogP contribution in [0.2, 0.25) is 0 Å². The molecular weight excluding hydrogens is 228 g/mol. The van der Waals surface area contributed by atoms with Gasteiger partial charge < -0.3 is 5.32 Å². The first-order valence-corrected chi connectivity index (χ1v) is 6.35. The van der Waals surface area contributed by atoms with E-state index < -0.39 is 0 Å². The third-order valence-electron chi connectivity index (χ3n) is 3.98. The SMILES string of the molecule is CCN1C(=O)[C@@H]2C(C)Nc3ccccc3[C@@H]2C1=O. The Balaban J connectivity index is 2.13. The fourth-order valence-corrected chi connectivity index (χ4v) is 3.13. The molecule has 1 fully saturated rings. The number of nitrogens with zero attached hydrogens (tertiary/aromatic N) is 1. The van der Waals surface area contributed by atoms with Crippen molar-refractivity contribution in [3.63, 3.8) is 0 Å². The third-order valence-corrected chi connectivity index (χ3v) is 3.98. The topological polar surface area (TPSA) is 49.4 Å². The number of hydrogen-bond acceptors (Lipinski definition) is 3. The summed E-state index contributed by atoms with van der Waals surface area (Å²) in [6.45, 7) is 4.27. The van der Waals surface area contributed by atoms with Crippen LogP contribution in [0.5, 0.6) is 0 Å². The van der Waals surface area contributed by atoms with Gasteiger partial charge in [0.15, 0.2) is 0 Å². The van der Waals surface area contributed by atoms with Gasteiger partial charge in [-0.15, -0.1) is 0 Å². The highest BCUT2D eigenvalue weighted by atomic mass is 16.2. The molecule has 18 heavy (non-hydrogen) atoms. The normalized spacial score (nSPS) is 29.9. The summed E-state index contributed by atoms with van der Waals surface area (Å²) in [4.78, 5) is 26.0. The smallest absolute Gasteiger partial charge is 0.237 e. The minimum Gasteiger partial charge on any atom is -0.382 e. The largest absolute Gasteiger partial charge is 0.382 e. The molecule has 1 N–H and O–H groups in total. The van der Waals surface area contributed by atoms with Crippen LogP contribution >= 0.6 is 0 Å². The molecule has 0 bridgehead atoms. The van der Waals surface area contributed by atoms with Gasteiger partial charge in [-0.2, -0.15) is 0 Å². The van der Waals surface area contributed by atoms with Crippen molar-refractivity contribution in [1.82, 2.24) is 4.90 Å². The summed E-state index contributed by atoms with van der Waals surface area (Å²) < 4.78 is 0. The number of imide groups is 1. The highest BCUT2D eigenvalue weighted by Gasteiger charge is 2.52. The van der Waals surface area contributed by atoms with Crippen molar-refractivity contribution >= 4 is 17.5 Å². The maximum absolute atomic E-state index is 12.4. The summed E-state index contributed by atoms with van der Waals surface area (Å²) in [5.74, 6) is -0.646. The number of para-hydroxylation sites is 1. The van der Waals surface area contributed by atoms with E-state index in [-0.39, 0.29) is 29.7 Å². The van der Waals surface area contributed by atoms with Crippen LogP contribution in [0.25, 0.3) is 0 Å². The molecule has 3 rings (SSSR count). The van der Waals surface area contributed by atoms with Crippen LogP contribution in [0.4, 0.5) is 5.69 Å². The number of carbonyl (C=O) groups is 2. The first-order chi connectivity index (χ1) is 8.65. The summed E-state index contributed by atoms with van der Waals surface area (Å²) in [7, 11) is 0. The Kier molecular flexibility index (Phi) is 2.40. The number of amides is 2. The molecule has 3 atom stereocenters. The highest BCUT2D eigenvalue weighted by Crippen LogP contribution is 2.44. The average Bonchev–Trinajstić information content (AvgIpc) is 2.62. The zero-order valence-corrected chi connectivity index (χ0v) is 10.5. The standard InChI is InChI=1S/C14H16N2O2/c1-3-16-13(17)11-8(2)15-10-7-5-4-6-9(10)12(11)14(16)18/h4-8,11-12,15H,3H2,1-2H3/t8?,11-,12+/m1/s1. The van der Waals surface area contributed by atoms with E-state index in [9.17, 15) is 9.59 Å². The van der Waals surface area contributed by atoms with Gasteiger partial charge in [-0.05, 0) is 25.5 Å². The molecule has 4 heteroatoms. The van der Waals surface area contributed by atoms with Crippen molar-refractivity contribution in [2.24, 2.45) is 5.92 Å². The summed E-state index contributed by atoms with van der Waals surface area (Å²) in [6, 6.07) is 7.76. The molecule has 4 nitrogen and oxygen atoms in total. The molecule has 2 aliphatic heterocycles. The number of rotatable bonds is 1. The van der Waals surface area contributed by atoms with Gasteiger partial charge in [0.05, 0.1) is 11.8 Å². The second kappa shape index (κ2) is 3.83. The summed E-state index contributed by atoms with van der Waals surface area (Å²) in [5, 5.41) is 3.33. The van der Waals surface area contributed by atoms with E-state index in [1.165, 1.54) is 4.90 Å². The van der Waals surface area contributed by atoms with Crippen LogP contribution in [0.3, 0.4) is 0 Å². The monoisotopic (exact) mass is 244 g/mol. The van der Waals surface area contributed by atoms with E-state index in [2.05, 4.69) is 5.32 Å². The number of nitrogens with one attached hydrogen (secondary N) is 1. The molecule has 0 radical (unpaired) electrons. The zero-order chi connectivity index (χ0) is 12.9. The zero-order valence-electron chi connectivity index (χ0n) is 10.5. The van der Waals surface area contributed by atoms with Gasteiger partial charge in [0.1, 0.15) is 0 Å². The van der Waals surface area contributed by atoms with E-state index in [4.69, 9.17) is 0 Å². The number of hydrogen-bond donors (Lipinski definition) is 1. The van der Waals surface area contributed by atoms with Crippen molar-refractivity contribution < 1.29 is 9.59 Å². The van der Waals surface area contributed by atoms with Crippen molar-refractivity contribution in [2.75, 3.05) is 11.9 Å². The Morgan fingerprint density at radius 1 is 1.22 bits per heavy atom. The second-order valence-corrected chi connectivity index (χ2v) is 4.94. The summed E-state index contributed by atoms with van der Waals surface area (Å²) in [6.07, 6.45) is 0. The van der Waals surface area contributed by atoms with Gasteiger partial charge in [0.2, 0.25) is 11.8 Å². The lowest BCUT2D eigenvalue weighted by molar-refractivity contribution is -0.139. The number of anilines is 1. The quantitative estimate of drug-likeness (QED) is 0.763. The van der Waals surface area contributed by atoms with Crippen molar-refractivity contribution in [1.29, 1.82) is 0 Å². The van der Waals surface area contributed by atoms with E-state index in [1.807, 2.05) is 38.1 Å². The average molecular weight is 244 g/mol. The van der Waals surface area contributed by atoms with Crippen LogP contribution in [0.1, 0.15) is 25.3 Å². The minimum absolute atomic E-state index is 0.00194. The first kappa shape index (κ1) is 11.3. The Morgan fingerprint density at radius 3 is 2.67 bits per heavy atom. The predicted molar refractivity (Wildman–Crippen MR) is 68.2 cm³/mol. The Bertz CT molecular complexity index is 526. The van der Waals surface area contributed by atoms with Gasteiger partial charge in [0, 0.05) is 18.3 Å². The molecule has 2 aliphatic rings.